The van der Waals surface area contributed by atoms with E-state index in [1.165, 1.54) is 24.1 Å². The third-order valence-corrected chi connectivity index (χ3v) is 3.22. The minimum atomic E-state index is 1.12. The van der Waals surface area contributed by atoms with Crippen LogP contribution in [0.25, 0.3) is 10.6 Å². The molecular weight excluding hydrogens is 165 g/mol. The fraction of sp³-hybridized carbons (Fsp3) is 0.200. The predicted molar refractivity (Wildman–Crippen MR) is 53.6 cm³/mol. The van der Waals surface area contributed by atoms with Crippen LogP contribution in [-0.4, -0.2) is 4.98 Å². The van der Waals surface area contributed by atoms with Crippen molar-refractivity contribution in [2.75, 3.05) is 0 Å². The number of fused-ring (bicyclic) bond motifs is 1. The molecule has 0 aliphatic rings. The molecule has 0 saturated heterocycles. The fourth-order valence-corrected chi connectivity index (χ4v) is 2.17. The molecule has 0 radical (unpaired) electrons. The molecule has 12 heavy (non-hydrogen) atoms. The largest absolute Gasteiger partial charge is 0.251 e. The number of aryl methyl sites for hydroxylation is 1. The zero-order valence-corrected chi connectivity index (χ0v) is 7.88. The monoisotopic (exact) mass is 175 g/mol. The minimum Gasteiger partial charge on any atom is -0.251 e. The van der Waals surface area contributed by atoms with Gasteiger partial charge in [0, 0.05) is 11.6 Å². The molecule has 1 nitrogen and oxygen atoms in total. The molecule has 0 atom stereocenters. The van der Waals surface area contributed by atoms with Crippen LogP contribution in [0.4, 0.5) is 0 Å². The first-order chi connectivity index (χ1) is 5.90. The van der Waals surface area contributed by atoms with Crippen LogP contribution in [0.15, 0.2) is 30.5 Å². The zero-order valence-electron chi connectivity index (χ0n) is 6.99. The first kappa shape index (κ1) is 7.70. The van der Waals surface area contributed by atoms with E-state index in [-0.39, 0.29) is 0 Å². The Morgan fingerprint density at radius 2 is 2.25 bits per heavy atom. The Kier molecular flexibility index (Phi) is 2.05. The summed E-state index contributed by atoms with van der Waals surface area (Å²) in [5.74, 6) is 0. The summed E-state index contributed by atoms with van der Waals surface area (Å²) in [4.78, 5) is 4.33. The number of rotatable bonds is 1. The molecule has 0 spiro atoms. The van der Waals surface area contributed by atoms with Crippen molar-refractivity contribution in [1.82, 2.24) is 4.98 Å². The first-order valence-corrected chi connectivity index (χ1v) is 5.00. The molecule has 0 unspecified atom stereocenters. The highest BCUT2D eigenvalue weighted by Crippen LogP contribution is 2.24. The van der Waals surface area contributed by atoms with Crippen molar-refractivity contribution in [2.24, 2.45) is 0 Å². The van der Waals surface area contributed by atoms with Gasteiger partial charge < -0.3 is 0 Å². The Morgan fingerprint density at radius 3 is 3.08 bits per heavy atom. The van der Waals surface area contributed by atoms with Crippen LogP contribution in [0, 0.1) is 0 Å². The second-order valence-electron chi connectivity index (χ2n) is 2.71. The Morgan fingerprint density at radius 1 is 1.33 bits per heavy atom. The molecule has 2 heterocycles. The van der Waals surface area contributed by atoms with E-state index in [0.29, 0.717) is 0 Å². The van der Waals surface area contributed by atoms with E-state index in [9.17, 15) is 0 Å². The SMILES string of the molecule is CCc1ccc2cccnc2p1. The van der Waals surface area contributed by atoms with Gasteiger partial charge in [-0.3, -0.25) is 4.98 Å². The third-order valence-electron chi connectivity index (χ3n) is 1.88. The van der Waals surface area contributed by atoms with E-state index in [1.54, 1.807) is 0 Å². The summed E-state index contributed by atoms with van der Waals surface area (Å²) >= 11 is 0. The van der Waals surface area contributed by atoms with E-state index in [0.717, 1.165) is 6.42 Å². The number of hydrogen-bond donors (Lipinski definition) is 0. The minimum absolute atomic E-state index is 1.12. The normalized spacial score (nSPS) is 11.1. The maximum absolute atomic E-state index is 4.33. The van der Waals surface area contributed by atoms with Gasteiger partial charge in [-0.05, 0) is 26.0 Å². The highest BCUT2D eigenvalue weighted by Gasteiger charge is 1.94. The molecule has 2 aromatic heterocycles. The molecule has 0 aromatic carbocycles. The van der Waals surface area contributed by atoms with Gasteiger partial charge in [-0.25, -0.2) is 0 Å². The van der Waals surface area contributed by atoms with Crippen LogP contribution >= 0.6 is 8.19 Å². The lowest BCUT2D eigenvalue weighted by molar-refractivity contribution is 1.18. The highest BCUT2D eigenvalue weighted by molar-refractivity contribution is 7.37. The fourth-order valence-electron chi connectivity index (χ4n) is 1.19. The Labute approximate surface area is 73.6 Å². The van der Waals surface area contributed by atoms with Crippen LogP contribution in [0.5, 0.6) is 0 Å². The van der Waals surface area contributed by atoms with Crippen LogP contribution in [0.3, 0.4) is 0 Å². The van der Waals surface area contributed by atoms with Gasteiger partial charge in [0.2, 0.25) is 0 Å². The summed E-state index contributed by atoms with van der Waals surface area (Å²) in [7, 11) is 1.28. The van der Waals surface area contributed by atoms with E-state index in [1.807, 2.05) is 12.3 Å². The topological polar surface area (TPSA) is 12.9 Å². The molecule has 0 fully saturated rings. The Bertz CT molecular complexity index is 398. The molecule has 2 rings (SSSR count). The lowest BCUT2D eigenvalue weighted by Gasteiger charge is -1.97. The smallest absolute Gasteiger partial charge is 0.0971 e. The van der Waals surface area contributed by atoms with Gasteiger partial charge in [0.05, 0.1) is 5.25 Å². The first-order valence-electron chi connectivity index (χ1n) is 4.11. The van der Waals surface area contributed by atoms with Gasteiger partial charge in [0.1, 0.15) is 0 Å². The second kappa shape index (κ2) is 3.20. The molecule has 2 heteroatoms. The Hall–Kier alpha value is -0.940. The summed E-state index contributed by atoms with van der Waals surface area (Å²) in [5, 5.41) is 3.90. The molecule has 60 valence electrons. The van der Waals surface area contributed by atoms with Gasteiger partial charge in [0.25, 0.3) is 0 Å². The van der Waals surface area contributed by atoms with Crippen molar-refractivity contribution in [3.8, 4) is 0 Å². The maximum Gasteiger partial charge on any atom is 0.0971 e. The summed E-state index contributed by atoms with van der Waals surface area (Å²) in [5.41, 5.74) is 0. The van der Waals surface area contributed by atoms with E-state index >= 15 is 0 Å². The van der Waals surface area contributed by atoms with Gasteiger partial charge >= 0.3 is 0 Å². The average molecular weight is 175 g/mol. The van der Waals surface area contributed by atoms with Gasteiger partial charge in [-0.1, -0.05) is 25.1 Å². The third kappa shape index (κ3) is 1.33. The van der Waals surface area contributed by atoms with Crippen molar-refractivity contribution < 1.29 is 0 Å². The van der Waals surface area contributed by atoms with Gasteiger partial charge in [0.15, 0.2) is 0 Å². The molecule has 0 N–H and O–H groups in total. The molecule has 0 saturated carbocycles. The summed E-state index contributed by atoms with van der Waals surface area (Å²) < 4.78 is 0. The van der Waals surface area contributed by atoms with Gasteiger partial charge in [-0.15, -0.1) is 0 Å². The number of pyridine rings is 1. The Balaban J connectivity index is 2.67. The summed E-state index contributed by atoms with van der Waals surface area (Å²) in [6.07, 6.45) is 2.98. The second-order valence-corrected chi connectivity index (χ2v) is 3.93. The maximum atomic E-state index is 4.33. The van der Waals surface area contributed by atoms with Crippen LogP contribution in [0.1, 0.15) is 12.2 Å². The molecule has 0 bridgehead atoms. The quantitative estimate of drug-likeness (QED) is 0.647. The van der Waals surface area contributed by atoms with E-state index < -0.39 is 0 Å². The molecule has 2 aromatic rings. The number of hydrogen-bond acceptors (Lipinski definition) is 1. The standard InChI is InChI=1S/C10H10NP/c1-2-9-6-5-8-4-3-7-11-10(8)12-9/h3-7H,2H2,1H3. The van der Waals surface area contributed by atoms with Crippen molar-refractivity contribution >= 4 is 18.8 Å². The van der Waals surface area contributed by atoms with E-state index in [2.05, 4.69) is 30.1 Å². The van der Waals surface area contributed by atoms with Crippen molar-refractivity contribution in [3.63, 3.8) is 0 Å². The van der Waals surface area contributed by atoms with Crippen molar-refractivity contribution in [2.45, 2.75) is 13.3 Å². The number of aromatic nitrogens is 1. The summed E-state index contributed by atoms with van der Waals surface area (Å²) in [6, 6.07) is 8.44. The lowest BCUT2D eigenvalue weighted by atomic mass is 10.3. The van der Waals surface area contributed by atoms with E-state index in [4.69, 9.17) is 0 Å². The lowest BCUT2D eigenvalue weighted by Crippen LogP contribution is -1.76. The highest BCUT2D eigenvalue weighted by atomic mass is 31.0. The van der Waals surface area contributed by atoms with Crippen LogP contribution < -0.4 is 0 Å². The zero-order chi connectivity index (χ0) is 8.39. The average Bonchev–Trinajstić information content (AvgIpc) is 2.17. The number of nitrogens with zero attached hydrogens (tertiary/aromatic N) is 1. The molecular formula is C10H10NP. The predicted octanol–water partition coefficient (Wildman–Crippen LogP) is 3.38. The van der Waals surface area contributed by atoms with Gasteiger partial charge in [-0.2, -0.15) is 0 Å². The molecule has 0 amide bonds. The summed E-state index contributed by atoms with van der Waals surface area (Å²) in [6.45, 7) is 2.18. The van der Waals surface area contributed by atoms with Crippen molar-refractivity contribution in [3.05, 3.63) is 35.8 Å². The van der Waals surface area contributed by atoms with Crippen LogP contribution in [-0.2, 0) is 6.42 Å². The van der Waals surface area contributed by atoms with Crippen LogP contribution in [0.2, 0.25) is 0 Å². The molecule has 0 aliphatic heterocycles. The van der Waals surface area contributed by atoms with Crippen molar-refractivity contribution in [1.29, 1.82) is 0 Å². The molecule has 0 aliphatic carbocycles.